The number of aromatic nitrogens is 2. The number of nitrogens with two attached hydrogens (primary N) is 1. The fourth-order valence-corrected chi connectivity index (χ4v) is 1.64. The molecule has 0 bridgehead atoms. The summed E-state index contributed by atoms with van der Waals surface area (Å²) in [6, 6.07) is 0. The Morgan fingerprint density at radius 1 is 1.69 bits per heavy atom. The third-order valence-electron chi connectivity index (χ3n) is 2.78. The summed E-state index contributed by atoms with van der Waals surface area (Å²) in [7, 11) is 0. The Bertz CT molecular complexity index is 291. The molecule has 0 spiro atoms. The van der Waals surface area contributed by atoms with Gasteiger partial charge in [-0.25, -0.2) is 5.90 Å². The van der Waals surface area contributed by atoms with E-state index in [1.54, 1.807) is 0 Å². The van der Waals surface area contributed by atoms with Gasteiger partial charge in [-0.15, -0.1) is 0 Å². The highest BCUT2D eigenvalue weighted by Gasteiger charge is 2.45. The summed E-state index contributed by atoms with van der Waals surface area (Å²) in [6.45, 7) is 3.61. The Morgan fingerprint density at radius 2 is 2.46 bits per heavy atom. The topological polar surface area (TPSA) is 53.1 Å². The summed E-state index contributed by atoms with van der Waals surface area (Å²) >= 11 is 0. The SMILES string of the molecule is CCn1cc(C2(CON)CC2)cn1. The number of hydrogen-bond donors (Lipinski definition) is 1. The highest BCUT2D eigenvalue weighted by Crippen LogP contribution is 2.47. The highest BCUT2D eigenvalue weighted by molar-refractivity contribution is 5.27. The lowest BCUT2D eigenvalue weighted by Crippen LogP contribution is -2.17. The van der Waals surface area contributed by atoms with Crippen LogP contribution in [0.4, 0.5) is 0 Å². The summed E-state index contributed by atoms with van der Waals surface area (Å²) in [5.41, 5.74) is 1.45. The average Bonchev–Trinajstić information content (AvgIpc) is 2.78. The first-order valence-electron chi connectivity index (χ1n) is 4.65. The van der Waals surface area contributed by atoms with E-state index in [0.717, 1.165) is 6.54 Å². The lowest BCUT2D eigenvalue weighted by atomic mass is 10.0. The van der Waals surface area contributed by atoms with Crippen molar-refractivity contribution < 1.29 is 4.84 Å². The summed E-state index contributed by atoms with van der Waals surface area (Å²) in [5.74, 6) is 5.10. The van der Waals surface area contributed by atoms with E-state index in [1.165, 1.54) is 18.4 Å². The van der Waals surface area contributed by atoms with Crippen LogP contribution in [0, 0.1) is 0 Å². The van der Waals surface area contributed by atoms with Crippen LogP contribution in [0.5, 0.6) is 0 Å². The molecule has 0 aliphatic heterocycles. The van der Waals surface area contributed by atoms with E-state index < -0.39 is 0 Å². The molecule has 0 unspecified atom stereocenters. The molecule has 4 heteroatoms. The molecule has 2 rings (SSSR count). The zero-order valence-electron chi connectivity index (χ0n) is 7.86. The molecule has 1 aliphatic carbocycles. The van der Waals surface area contributed by atoms with Crippen molar-refractivity contribution in [2.45, 2.75) is 31.7 Å². The molecule has 0 aromatic carbocycles. The van der Waals surface area contributed by atoms with Gasteiger partial charge in [0.15, 0.2) is 0 Å². The second-order valence-corrected chi connectivity index (χ2v) is 3.68. The molecule has 1 saturated carbocycles. The third kappa shape index (κ3) is 1.47. The molecule has 1 aromatic heterocycles. The van der Waals surface area contributed by atoms with Crippen LogP contribution in [0.15, 0.2) is 12.4 Å². The second kappa shape index (κ2) is 3.12. The first kappa shape index (κ1) is 8.72. The molecule has 72 valence electrons. The predicted molar refractivity (Wildman–Crippen MR) is 49.0 cm³/mol. The maximum Gasteiger partial charge on any atom is 0.0777 e. The maximum atomic E-state index is 5.10. The van der Waals surface area contributed by atoms with E-state index in [9.17, 15) is 0 Å². The first-order valence-corrected chi connectivity index (χ1v) is 4.65. The molecule has 1 fully saturated rings. The minimum Gasteiger partial charge on any atom is -0.304 e. The molecule has 0 radical (unpaired) electrons. The molecule has 13 heavy (non-hydrogen) atoms. The van der Waals surface area contributed by atoms with Gasteiger partial charge in [-0.2, -0.15) is 5.10 Å². The monoisotopic (exact) mass is 181 g/mol. The number of aryl methyl sites for hydroxylation is 1. The molecular weight excluding hydrogens is 166 g/mol. The van der Waals surface area contributed by atoms with Crippen LogP contribution in [0.25, 0.3) is 0 Å². The van der Waals surface area contributed by atoms with E-state index in [-0.39, 0.29) is 5.41 Å². The van der Waals surface area contributed by atoms with Crippen LogP contribution < -0.4 is 5.90 Å². The normalized spacial score (nSPS) is 18.9. The molecule has 1 aliphatic rings. The quantitative estimate of drug-likeness (QED) is 0.700. The molecule has 2 N–H and O–H groups in total. The van der Waals surface area contributed by atoms with Gasteiger partial charge in [0, 0.05) is 18.2 Å². The highest BCUT2D eigenvalue weighted by atomic mass is 16.6. The van der Waals surface area contributed by atoms with Crippen LogP contribution in [-0.2, 0) is 16.8 Å². The Balaban J connectivity index is 2.15. The molecule has 0 amide bonds. The van der Waals surface area contributed by atoms with Gasteiger partial charge in [0.1, 0.15) is 0 Å². The largest absolute Gasteiger partial charge is 0.304 e. The number of rotatable bonds is 4. The van der Waals surface area contributed by atoms with Crippen molar-refractivity contribution in [1.82, 2.24) is 9.78 Å². The Morgan fingerprint density at radius 3 is 2.92 bits per heavy atom. The van der Waals surface area contributed by atoms with E-state index in [1.807, 2.05) is 10.9 Å². The summed E-state index contributed by atoms with van der Waals surface area (Å²) < 4.78 is 1.94. The lowest BCUT2D eigenvalue weighted by Gasteiger charge is -2.09. The van der Waals surface area contributed by atoms with Crippen LogP contribution in [0.2, 0.25) is 0 Å². The first-order chi connectivity index (χ1) is 6.30. The van der Waals surface area contributed by atoms with Crippen molar-refractivity contribution in [2.24, 2.45) is 5.90 Å². The van der Waals surface area contributed by atoms with Gasteiger partial charge in [-0.1, -0.05) is 0 Å². The molecule has 4 nitrogen and oxygen atoms in total. The average molecular weight is 181 g/mol. The second-order valence-electron chi connectivity index (χ2n) is 3.68. The van der Waals surface area contributed by atoms with Gasteiger partial charge in [0.05, 0.1) is 12.8 Å². The zero-order valence-corrected chi connectivity index (χ0v) is 7.86. The van der Waals surface area contributed by atoms with E-state index >= 15 is 0 Å². The standard InChI is InChI=1S/C9H15N3O/c1-2-12-6-8(5-11-12)9(3-4-9)7-13-10/h5-6H,2-4,7,10H2,1H3. The van der Waals surface area contributed by atoms with E-state index in [2.05, 4.69) is 18.2 Å². The number of hydrogen-bond acceptors (Lipinski definition) is 3. The third-order valence-corrected chi connectivity index (χ3v) is 2.78. The fourth-order valence-electron chi connectivity index (χ4n) is 1.64. The van der Waals surface area contributed by atoms with Crippen molar-refractivity contribution in [1.29, 1.82) is 0 Å². The Labute approximate surface area is 77.6 Å². The zero-order chi connectivity index (χ0) is 9.31. The Hall–Kier alpha value is -0.870. The van der Waals surface area contributed by atoms with Crippen LogP contribution in [-0.4, -0.2) is 16.4 Å². The van der Waals surface area contributed by atoms with E-state index in [0.29, 0.717) is 6.61 Å². The van der Waals surface area contributed by atoms with Crippen LogP contribution in [0.1, 0.15) is 25.3 Å². The molecular formula is C9H15N3O. The van der Waals surface area contributed by atoms with E-state index in [4.69, 9.17) is 10.7 Å². The Kier molecular flexibility index (Phi) is 2.09. The van der Waals surface area contributed by atoms with Crippen LogP contribution in [0.3, 0.4) is 0 Å². The minimum absolute atomic E-state index is 0.183. The van der Waals surface area contributed by atoms with Crippen molar-refractivity contribution in [3.8, 4) is 0 Å². The predicted octanol–water partition coefficient (Wildman–Crippen LogP) is 0.825. The number of nitrogens with zero attached hydrogens (tertiary/aromatic N) is 2. The van der Waals surface area contributed by atoms with Crippen molar-refractivity contribution in [2.75, 3.05) is 6.61 Å². The van der Waals surface area contributed by atoms with Crippen molar-refractivity contribution in [3.05, 3.63) is 18.0 Å². The van der Waals surface area contributed by atoms with Gasteiger partial charge < -0.3 is 4.84 Å². The van der Waals surface area contributed by atoms with Crippen molar-refractivity contribution >= 4 is 0 Å². The molecule has 0 atom stereocenters. The van der Waals surface area contributed by atoms with Gasteiger partial charge in [-0.05, 0) is 25.3 Å². The van der Waals surface area contributed by atoms with Gasteiger partial charge in [0.2, 0.25) is 0 Å². The van der Waals surface area contributed by atoms with Crippen molar-refractivity contribution in [3.63, 3.8) is 0 Å². The summed E-state index contributed by atoms with van der Waals surface area (Å²) in [5, 5.41) is 4.24. The van der Waals surface area contributed by atoms with Gasteiger partial charge in [0.25, 0.3) is 0 Å². The van der Waals surface area contributed by atoms with Gasteiger partial charge >= 0.3 is 0 Å². The molecule has 1 aromatic rings. The minimum atomic E-state index is 0.183. The van der Waals surface area contributed by atoms with Gasteiger partial charge in [-0.3, -0.25) is 4.68 Å². The summed E-state index contributed by atoms with van der Waals surface area (Å²) in [4.78, 5) is 4.73. The molecule has 0 saturated heterocycles. The smallest absolute Gasteiger partial charge is 0.0777 e. The summed E-state index contributed by atoms with van der Waals surface area (Å²) in [6.07, 6.45) is 6.35. The maximum absolute atomic E-state index is 5.10. The van der Waals surface area contributed by atoms with Crippen LogP contribution >= 0.6 is 0 Å². The lowest BCUT2D eigenvalue weighted by molar-refractivity contribution is 0.116. The fraction of sp³-hybridized carbons (Fsp3) is 0.667. The molecule has 1 heterocycles.